The summed E-state index contributed by atoms with van der Waals surface area (Å²) in [5.41, 5.74) is 0.166. The van der Waals surface area contributed by atoms with Gasteiger partial charge in [-0.25, -0.2) is 8.78 Å². The molecule has 0 bridgehead atoms. The number of ketones is 1. The van der Waals surface area contributed by atoms with Gasteiger partial charge in [0.15, 0.2) is 22.6 Å². The normalized spacial score (nSPS) is 15.8. The maximum absolute atomic E-state index is 13.3. The van der Waals surface area contributed by atoms with Crippen molar-refractivity contribution in [1.82, 2.24) is 14.8 Å². The van der Waals surface area contributed by atoms with Gasteiger partial charge >= 0.3 is 0 Å². The van der Waals surface area contributed by atoms with Gasteiger partial charge in [0.1, 0.15) is 5.82 Å². The summed E-state index contributed by atoms with van der Waals surface area (Å²) < 4.78 is 28.3. The molecule has 0 N–H and O–H groups in total. The van der Waals surface area contributed by atoms with Crippen molar-refractivity contribution in [3.05, 3.63) is 41.2 Å². The van der Waals surface area contributed by atoms with Gasteiger partial charge in [0.2, 0.25) is 0 Å². The Bertz CT molecular complexity index is 732. The lowest BCUT2D eigenvalue weighted by atomic mass is 10.1. The second-order valence-electron chi connectivity index (χ2n) is 5.61. The summed E-state index contributed by atoms with van der Waals surface area (Å²) in [7, 11) is 0. The maximum Gasteiger partial charge on any atom is 0.191 e. The Kier molecular flexibility index (Phi) is 4.75. The van der Waals surface area contributed by atoms with E-state index in [9.17, 15) is 13.6 Å². The minimum absolute atomic E-state index is 0.166. The topological polar surface area (TPSA) is 47.8 Å². The molecular formula is C16H17F2N3OS. The van der Waals surface area contributed by atoms with Crippen molar-refractivity contribution in [2.45, 2.75) is 49.6 Å². The highest BCUT2D eigenvalue weighted by Crippen LogP contribution is 2.27. The van der Waals surface area contributed by atoms with Gasteiger partial charge in [-0.3, -0.25) is 4.79 Å². The van der Waals surface area contributed by atoms with Gasteiger partial charge in [-0.1, -0.05) is 18.2 Å². The molecule has 2 aromatic rings. The van der Waals surface area contributed by atoms with Gasteiger partial charge < -0.3 is 4.57 Å². The summed E-state index contributed by atoms with van der Waals surface area (Å²) in [6, 6.07) is 3.23. The van der Waals surface area contributed by atoms with Crippen LogP contribution in [0.25, 0.3) is 0 Å². The van der Waals surface area contributed by atoms with Crippen LogP contribution in [0.1, 0.15) is 42.4 Å². The molecule has 0 unspecified atom stereocenters. The summed E-state index contributed by atoms with van der Waals surface area (Å²) in [6.07, 6.45) is 4.24. The van der Waals surface area contributed by atoms with Crippen LogP contribution in [-0.4, -0.2) is 25.8 Å². The molecule has 1 aromatic carbocycles. The van der Waals surface area contributed by atoms with Crippen LogP contribution < -0.4 is 0 Å². The van der Waals surface area contributed by atoms with Gasteiger partial charge in [0.25, 0.3) is 0 Å². The molecule has 3 rings (SSSR count). The zero-order valence-corrected chi connectivity index (χ0v) is 13.6. The molecule has 0 aliphatic carbocycles. The summed E-state index contributed by atoms with van der Waals surface area (Å²) in [4.78, 5) is 12.4. The van der Waals surface area contributed by atoms with Gasteiger partial charge in [0.05, 0.1) is 5.25 Å². The van der Waals surface area contributed by atoms with Crippen LogP contribution in [0.15, 0.2) is 23.4 Å². The van der Waals surface area contributed by atoms with Crippen molar-refractivity contribution >= 4 is 17.5 Å². The number of thioether (sulfide) groups is 1. The number of hydrogen-bond acceptors (Lipinski definition) is 4. The van der Waals surface area contributed by atoms with Crippen LogP contribution in [-0.2, 0) is 13.0 Å². The van der Waals surface area contributed by atoms with Crippen LogP contribution in [0.5, 0.6) is 0 Å². The van der Waals surface area contributed by atoms with E-state index in [0.29, 0.717) is 5.16 Å². The Hall–Kier alpha value is -1.76. The molecule has 1 aliphatic rings. The molecule has 2 heterocycles. The molecule has 122 valence electrons. The summed E-state index contributed by atoms with van der Waals surface area (Å²) >= 11 is 1.31. The molecule has 0 amide bonds. The molecule has 0 radical (unpaired) electrons. The van der Waals surface area contributed by atoms with E-state index in [4.69, 9.17) is 0 Å². The minimum Gasteiger partial charge on any atom is -0.306 e. The Morgan fingerprint density at radius 1 is 1.22 bits per heavy atom. The second kappa shape index (κ2) is 6.78. The fourth-order valence-corrected chi connectivity index (χ4v) is 3.61. The molecule has 1 atom stereocenters. The average molecular weight is 337 g/mol. The third-order valence-corrected chi connectivity index (χ3v) is 5.01. The highest BCUT2D eigenvalue weighted by Gasteiger charge is 2.22. The lowest BCUT2D eigenvalue weighted by molar-refractivity contribution is 0.0993. The van der Waals surface area contributed by atoms with Crippen molar-refractivity contribution in [3.63, 3.8) is 0 Å². The van der Waals surface area contributed by atoms with Crippen molar-refractivity contribution < 1.29 is 13.6 Å². The number of fused-ring (bicyclic) bond motifs is 1. The van der Waals surface area contributed by atoms with E-state index in [1.54, 1.807) is 6.92 Å². The maximum atomic E-state index is 13.3. The molecule has 4 nitrogen and oxygen atoms in total. The van der Waals surface area contributed by atoms with E-state index in [1.165, 1.54) is 17.8 Å². The smallest absolute Gasteiger partial charge is 0.191 e. The van der Waals surface area contributed by atoms with Gasteiger partial charge in [0, 0.05) is 18.5 Å². The van der Waals surface area contributed by atoms with Crippen molar-refractivity contribution in [1.29, 1.82) is 0 Å². The zero-order chi connectivity index (χ0) is 16.4. The number of carbonyl (C=O) groups is 1. The molecule has 0 saturated carbocycles. The van der Waals surface area contributed by atoms with E-state index in [-0.39, 0.29) is 11.3 Å². The first-order valence-electron chi connectivity index (χ1n) is 7.64. The average Bonchev–Trinajstić information content (AvgIpc) is 2.77. The first-order valence-corrected chi connectivity index (χ1v) is 8.52. The SMILES string of the molecule is C[C@@H](Sc1nnc2n1CCCCC2)C(=O)c1ccc(F)c(F)c1. The van der Waals surface area contributed by atoms with Gasteiger partial charge in [-0.05, 0) is 38.0 Å². The Morgan fingerprint density at radius 3 is 2.83 bits per heavy atom. The van der Waals surface area contributed by atoms with E-state index in [2.05, 4.69) is 14.8 Å². The van der Waals surface area contributed by atoms with Crippen LogP contribution in [0, 0.1) is 11.6 Å². The zero-order valence-electron chi connectivity index (χ0n) is 12.8. The van der Waals surface area contributed by atoms with E-state index < -0.39 is 16.9 Å². The number of aromatic nitrogens is 3. The number of hydrogen-bond donors (Lipinski definition) is 0. The Balaban J connectivity index is 1.76. The standard InChI is InChI=1S/C16H17F2N3OS/c1-10(15(22)11-6-7-12(17)13(18)9-11)23-16-20-19-14-5-3-2-4-8-21(14)16/h6-7,9-10H,2-5,8H2,1H3/t10-/m1/s1. The van der Waals surface area contributed by atoms with Crippen LogP contribution in [0.2, 0.25) is 0 Å². The molecule has 23 heavy (non-hydrogen) atoms. The van der Waals surface area contributed by atoms with Crippen LogP contribution in [0.3, 0.4) is 0 Å². The largest absolute Gasteiger partial charge is 0.306 e. The lowest BCUT2D eigenvalue weighted by Gasteiger charge is -2.11. The van der Waals surface area contributed by atoms with Crippen LogP contribution >= 0.6 is 11.8 Å². The molecule has 0 spiro atoms. The lowest BCUT2D eigenvalue weighted by Crippen LogP contribution is -2.15. The fraction of sp³-hybridized carbons (Fsp3) is 0.438. The number of benzene rings is 1. The number of carbonyl (C=O) groups excluding carboxylic acids is 1. The Morgan fingerprint density at radius 2 is 2.04 bits per heavy atom. The van der Waals surface area contributed by atoms with Gasteiger partial charge in [-0.15, -0.1) is 10.2 Å². The molecule has 1 aromatic heterocycles. The third kappa shape index (κ3) is 3.44. The first kappa shape index (κ1) is 16.1. The number of aryl methyl sites for hydroxylation is 1. The molecule has 7 heteroatoms. The predicted molar refractivity (Wildman–Crippen MR) is 83.6 cm³/mol. The van der Waals surface area contributed by atoms with E-state index in [0.717, 1.165) is 50.2 Å². The first-order chi connectivity index (χ1) is 11.1. The quantitative estimate of drug-likeness (QED) is 0.631. The summed E-state index contributed by atoms with van der Waals surface area (Å²) in [6.45, 7) is 2.60. The minimum atomic E-state index is -1.01. The highest BCUT2D eigenvalue weighted by molar-refractivity contribution is 8.00. The van der Waals surface area contributed by atoms with E-state index >= 15 is 0 Å². The second-order valence-corrected chi connectivity index (χ2v) is 6.92. The fourth-order valence-electron chi connectivity index (χ4n) is 2.64. The molecule has 0 fully saturated rings. The molecule has 1 aliphatic heterocycles. The number of nitrogens with zero attached hydrogens (tertiary/aromatic N) is 3. The van der Waals surface area contributed by atoms with Gasteiger partial charge in [-0.2, -0.15) is 0 Å². The van der Waals surface area contributed by atoms with E-state index in [1.807, 2.05) is 0 Å². The number of Topliss-reactive ketones (excluding diaryl/α,β-unsaturated/α-hetero) is 1. The van der Waals surface area contributed by atoms with Crippen molar-refractivity contribution in [3.8, 4) is 0 Å². The summed E-state index contributed by atoms with van der Waals surface area (Å²) in [5.74, 6) is -1.26. The predicted octanol–water partition coefficient (Wildman–Crippen LogP) is 3.65. The number of rotatable bonds is 4. The van der Waals surface area contributed by atoms with Crippen LogP contribution in [0.4, 0.5) is 8.78 Å². The Labute approximate surface area is 137 Å². The third-order valence-electron chi connectivity index (χ3n) is 3.93. The number of halogens is 2. The molecular weight excluding hydrogens is 320 g/mol. The highest BCUT2D eigenvalue weighted by atomic mass is 32.2. The van der Waals surface area contributed by atoms with Crippen molar-refractivity contribution in [2.75, 3.05) is 0 Å². The molecule has 0 saturated heterocycles. The van der Waals surface area contributed by atoms with Crippen molar-refractivity contribution in [2.24, 2.45) is 0 Å². The summed E-state index contributed by atoms with van der Waals surface area (Å²) in [5, 5.41) is 8.64. The monoisotopic (exact) mass is 337 g/mol.